The van der Waals surface area contributed by atoms with Crippen molar-refractivity contribution >= 4 is 29.5 Å². The standard InChI is InChI=1S/C19H21N5O5/c1-21-19(18(20)29)8-23(9-19)7-10-3-2-4-11-14(10)17(28)24(16(11)27)12-5-6-13(25)22-15(12)26/h2-4,12,21H,5-9H2,1H3,(H2,20,29)(H,22,25,26). The summed E-state index contributed by atoms with van der Waals surface area (Å²) in [6, 6.07) is 4.00. The highest BCUT2D eigenvalue weighted by Crippen LogP contribution is 2.32. The number of carbonyl (C=O) groups is 5. The van der Waals surface area contributed by atoms with Gasteiger partial charge in [0.25, 0.3) is 11.8 Å². The van der Waals surface area contributed by atoms with E-state index in [0.717, 1.165) is 4.90 Å². The number of rotatable bonds is 5. The number of likely N-dealkylation sites (N-methyl/N-ethyl adjacent to an activating group) is 1. The minimum atomic E-state index is -0.997. The van der Waals surface area contributed by atoms with E-state index < -0.39 is 41.1 Å². The first-order valence-electron chi connectivity index (χ1n) is 9.32. The summed E-state index contributed by atoms with van der Waals surface area (Å²) >= 11 is 0. The normalized spacial score (nSPS) is 23.6. The topological polar surface area (TPSA) is 142 Å². The van der Waals surface area contributed by atoms with Gasteiger partial charge in [0.2, 0.25) is 17.7 Å². The van der Waals surface area contributed by atoms with Crippen molar-refractivity contribution in [3.63, 3.8) is 0 Å². The number of imide groups is 2. The smallest absolute Gasteiger partial charge is 0.262 e. The molecule has 4 N–H and O–H groups in total. The van der Waals surface area contributed by atoms with Crippen LogP contribution in [0.1, 0.15) is 39.1 Å². The zero-order valence-corrected chi connectivity index (χ0v) is 15.9. The Morgan fingerprint density at radius 1 is 1.24 bits per heavy atom. The number of nitrogens with zero attached hydrogens (tertiary/aromatic N) is 2. The zero-order valence-electron chi connectivity index (χ0n) is 15.9. The van der Waals surface area contributed by atoms with Gasteiger partial charge in [0.05, 0.1) is 11.1 Å². The van der Waals surface area contributed by atoms with Crippen LogP contribution < -0.4 is 16.4 Å². The molecule has 0 aliphatic carbocycles. The minimum Gasteiger partial charge on any atom is -0.368 e. The highest BCUT2D eigenvalue weighted by Gasteiger charge is 2.48. The molecule has 0 saturated carbocycles. The van der Waals surface area contributed by atoms with Crippen LogP contribution in [0.5, 0.6) is 0 Å². The Morgan fingerprint density at radius 3 is 2.59 bits per heavy atom. The van der Waals surface area contributed by atoms with Gasteiger partial charge in [-0.2, -0.15) is 0 Å². The monoisotopic (exact) mass is 399 g/mol. The molecule has 29 heavy (non-hydrogen) atoms. The molecule has 0 aromatic heterocycles. The Hall–Kier alpha value is -3.11. The van der Waals surface area contributed by atoms with Gasteiger partial charge in [-0.1, -0.05) is 12.1 Å². The van der Waals surface area contributed by atoms with Crippen molar-refractivity contribution in [1.29, 1.82) is 0 Å². The maximum Gasteiger partial charge on any atom is 0.262 e. The molecular weight excluding hydrogens is 378 g/mol. The van der Waals surface area contributed by atoms with Gasteiger partial charge in [-0.3, -0.25) is 39.1 Å². The Morgan fingerprint density at radius 2 is 1.97 bits per heavy atom. The lowest BCUT2D eigenvalue weighted by atomic mass is 9.88. The fourth-order valence-corrected chi connectivity index (χ4v) is 4.22. The van der Waals surface area contributed by atoms with E-state index >= 15 is 0 Å². The molecular formula is C19H21N5O5. The third-order valence-corrected chi connectivity index (χ3v) is 5.89. The van der Waals surface area contributed by atoms with Crippen LogP contribution in [0.15, 0.2) is 18.2 Å². The Kier molecular flexibility index (Phi) is 4.47. The van der Waals surface area contributed by atoms with E-state index in [9.17, 15) is 24.0 Å². The second kappa shape index (κ2) is 6.75. The van der Waals surface area contributed by atoms with Crippen LogP contribution in [0.2, 0.25) is 0 Å². The van der Waals surface area contributed by atoms with Crippen LogP contribution >= 0.6 is 0 Å². The Labute approximate surface area is 166 Å². The van der Waals surface area contributed by atoms with Gasteiger partial charge in [0.1, 0.15) is 11.6 Å². The third kappa shape index (κ3) is 2.91. The molecule has 0 spiro atoms. The quantitative estimate of drug-likeness (QED) is 0.504. The van der Waals surface area contributed by atoms with Gasteiger partial charge in [0.15, 0.2) is 0 Å². The molecule has 3 heterocycles. The van der Waals surface area contributed by atoms with E-state index in [1.54, 1.807) is 25.2 Å². The van der Waals surface area contributed by atoms with Crippen LogP contribution in [-0.4, -0.2) is 71.1 Å². The van der Waals surface area contributed by atoms with Crippen molar-refractivity contribution in [2.75, 3.05) is 20.1 Å². The molecule has 1 unspecified atom stereocenters. The summed E-state index contributed by atoms with van der Waals surface area (Å²) in [5.41, 5.74) is 5.82. The summed E-state index contributed by atoms with van der Waals surface area (Å²) < 4.78 is 0. The van der Waals surface area contributed by atoms with E-state index in [4.69, 9.17) is 5.73 Å². The van der Waals surface area contributed by atoms with Crippen LogP contribution in [0, 0.1) is 0 Å². The molecule has 1 aromatic carbocycles. The second-order valence-electron chi connectivity index (χ2n) is 7.63. The number of benzene rings is 1. The predicted molar refractivity (Wildman–Crippen MR) is 99.4 cm³/mol. The number of hydrogen-bond acceptors (Lipinski definition) is 7. The molecule has 10 heteroatoms. The molecule has 10 nitrogen and oxygen atoms in total. The SMILES string of the molecule is CNC1(C(N)=O)CN(Cc2cccc3c2C(=O)N(C2CCC(=O)NC2=O)C3=O)C1. The zero-order chi connectivity index (χ0) is 20.9. The largest absolute Gasteiger partial charge is 0.368 e. The summed E-state index contributed by atoms with van der Waals surface area (Å²) in [6.45, 7) is 1.14. The molecule has 152 valence electrons. The summed E-state index contributed by atoms with van der Waals surface area (Å²) in [6.07, 6.45) is 0.185. The molecule has 3 aliphatic rings. The van der Waals surface area contributed by atoms with E-state index in [2.05, 4.69) is 10.6 Å². The Balaban J connectivity index is 1.57. The molecule has 1 aromatic rings. The number of likely N-dealkylation sites (tertiary alicyclic amines) is 1. The third-order valence-electron chi connectivity index (χ3n) is 5.89. The number of fused-ring (bicyclic) bond motifs is 1. The van der Waals surface area contributed by atoms with Gasteiger partial charge in [-0.05, 0) is 25.1 Å². The summed E-state index contributed by atoms with van der Waals surface area (Å²) in [4.78, 5) is 64.0. The van der Waals surface area contributed by atoms with Crippen molar-refractivity contribution in [1.82, 2.24) is 20.4 Å². The number of carbonyl (C=O) groups excluding carboxylic acids is 5. The van der Waals surface area contributed by atoms with E-state index in [1.807, 2.05) is 4.90 Å². The number of amides is 5. The number of nitrogens with two attached hydrogens (primary N) is 1. The molecule has 1 atom stereocenters. The van der Waals surface area contributed by atoms with E-state index in [-0.39, 0.29) is 24.0 Å². The van der Waals surface area contributed by atoms with Crippen LogP contribution in [0.4, 0.5) is 0 Å². The van der Waals surface area contributed by atoms with Gasteiger partial charge in [0, 0.05) is 26.1 Å². The van der Waals surface area contributed by atoms with Crippen molar-refractivity contribution in [2.45, 2.75) is 31.0 Å². The fourth-order valence-electron chi connectivity index (χ4n) is 4.22. The van der Waals surface area contributed by atoms with Gasteiger partial charge >= 0.3 is 0 Å². The highest BCUT2D eigenvalue weighted by atomic mass is 16.2. The number of piperidine rings is 1. The first-order chi connectivity index (χ1) is 13.8. The number of primary amides is 1. The molecule has 0 bridgehead atoms. The lowest BCUT2D eigenvalue weighted by Crippen LogP contribution is -2.73. The van der Waals surface area contributed by atoms with Crippen molar-refractivity contribution in [3.05, 3.63) is 34.9 Å². The van der Waals surface area contributed by atoms with Gasteiger partial charge in [-0.15, -0.1) is 0 Å². The predicted octanol–water partition coefficient (Wildman–Crippen LogP) is -1.65. The molecule has 0 radical (unpaired) electrons. The van der Waals surface area contributed by atoms with Crippen molar-refractivity contribution in [2.24, 2.45) is 5.73 Å². The number of hydrogen-bond donors (Lipinski definition) is 3. The lowest BCUT2D eigenvalue weighted by molar-refractivity contribution is -0.136. The van der Waals surface area contributed by atoms with Gasteiger partial charge < -0.3 is 11.1 Å². The lowest BCUT2D eigenvalue weighted by Gasteiger charge is -2.48. The molecule has 3 aliphatic heterocycles. The first kappa shape index (κ1) is 19.2. The maximum absolute atomic E-state index is 13.1. The average Bonchev–Trinajstić information content (AvgIpc) is 2.89. The molecule has 5 amide bonds. The average molecular weight is 399 g/mol. The summed E-state index contributed by atoms with van der Waals surface area (Å²) in [5, 5.41) is 5.12. The van der Waals surface area contributed by atoms with Crippen LogP contribution in [-0.2, 0) is 20.9 Å². The molecule has 2 saturated heterocycles. The van der Waals surface area contributed by atoms with Crippen molar-refractivity contribution < 1.29 is 24.0 Å². The first-order valence-corrected chi connectivity index (χ1v) is 9.32. The maximum atomic E-state index is 13.1. The summed E-state index contributed by atoms with van der Waals surface area (Å²) in [5.74, 6) is -2.56. The minimum absolute atomic E-state index is 0.0731. The van der Waals surface area contributed by atoms with Crippen LogP contribution in [0.25, 0.3) is 0 Å². The van der Waals surface area contributed by atoms with Crippen molar-refractivity contribution in [3.8, 4) is 0 Å². The van der Waals surface area contributed by atoms with Crippen LogP contribution in [0.3, 0.4) is 0 Å². The fraction of sp³-hybridized carbons (Fsp3) is 0.421. The van der Waals surface area contributed by atoms with Gasteiger partial charge in [-0.25, -0.2) is 0 Å². The number of nitrogens with one attached hydrogen (secondary N) is 2. The van der Waals surface area contributed by atoms with E-state index in [1.165, 1.54) is 0 Å². The second-order valence-corrected chi connectivity index (χ2v) is 7.63. The Bertz CT molecular complexity index is 952. The molecule has 2 fully saturated rings. The summed E-state index contributed by atoms with van der Waals surface area (Å²) in [7, 11) is 1.67. The van der Waals surface area contributed by atoms with E-state index in [0.29, 0.717) is 25.2 Å². The molecule has 4 rings (SSSR count). The highest BCUT2D eigenvalue weighted by molar-refractivity contribution is 6.24.